The molecule has 2 aromatic rings. The lowest BCUT2D eigenvalue weighted by atomic mass is 10.1. The first-order chi connectivity index (χ1) is 11.5. The van der Waals surface area contributed by atoms with E-state index in [1.54, 1.807) is 0 Å². The number of methoxy groups -OCH3 is 1. The third-order valence-electron chi connectivity index (χ3n) is 2.89. The van der Waals surface area contributed by atoms with Gasteiger partial charge in [-0.05, 0) is 12.1 Å². The van der Waals surface area contributed by atoms with Crippen LogP contribution in [0, 0.1) is 11.6 Å². The number of halogens is 2. The molecule has 0 atom stereocenters. The van der Waals surface area contributed by atoms with Gasteiger partial charge in [0, 0.05) is 17.6 Å². The summed E-state index contributed by atoms with van der Waals surface area (Å²) in [7, 11) is 1.30. The largest absolute Gasteiger partial charge is 0.468 e. The molecule has 0 saturated heterocycles. The zero-order chi connectivity index (χ0) is 17.5. The number of aromatic nitrogens is 1. The van der Waals surface area contributed by atoms with Crippen LogP contribution in [0.5, 0.6) is 0 Å². The molecule has 1 aromatic heterocycles. The number of ether oxygens (including phenoxy) is 1. The van der Waals surface area contributed by atoms with Crippen molar-refractivity contribution in [1.29, 1.82) is 0 Å². The van der Waals surface area contributed by atoms with Crippen molar-refractivity contribution in [2.45, 2.75) is 6.42 Å². The first-order valence-corrected chi connectivity index (χ1v) is 8.89. The van der Waals surface area contributed by atoms with Crippen molar-refractivity contribution in [3.8, 4) is 11.3 Å². The highest BCUT2D eigenvalue weighted by Crippen LogP contribution is 2.29. The Morgan fingerprint density at radius 1 is 1.33 bits per heavy atom. The van der Waals surface area contributed by atoms with Gasteiger partial charge >= 0.3 is 5.97 Å². The summed E-state index contributed by atoms with van der Waals surface area (Å²) < 4.78 is 31.9. The number of esters is 1. The van der Waals surface area contributed by atoms with Crippen molar-refractivity contribution in [3.63, 3.8) is 0 Å². The van der Waals surface area contributed by atoms with Crippen LogP contribution in [0.15, 0.2) is 23.6 Å². The zero-order valence-corrected chi connectivity index (χ0v) is 14.3. The van der Waals surface area contributed by atoms with Crippen molar-refractivity contribution in [3.05, 3.63) is 35.2 Å². The number of hydrogen-bond acceptors (Lipinski definition) is 6. The van der Waals surface area contributed by atoms with Crippen LogP contribution in [0.2, 0.25) is 0 Å². The molecule has 0 aliphatic carbocycles. The molecule has 128 valence electrons. The Balaban J connectivity index is 1.90. The maximum absolute atomic E-state index is 13.7. The lowest BCUT2D eigenvalue weighted by Crippen LogP contribution is -2.13. The molecule has 0 bridgehead atoms. The minimum absolute atomic E-state index is 0.131. The van der Waals surface area contributed by atoms with Crippen LogP contribution < -0.4 is 5.32 Å². The summed E-state index contributed by atoms with van der Waals surface area (Å²) in [6.45, 7) is 0. The topological polar surface area (TPSA) is 68.3 Å². The summed E-state index contributed by atoms with van der Waals surface area (Å²) in [4.78, 5) is 26.7. The van der Waals surface area contributed by atoms with Gasteiger partial charge in [-0.2, -0.15) is 0 Å². The second-order valence-corrected chi connectivity index (χ2v) is 6.52. The quantitative estimate of drug-likeness (QED) is 0.596. The summed E-state index contributed by atoms with van der Waals surface area (Å²) in [6.07, 6.45) is 0.185. The Morgan fingerprint density at radius 3 is 2.71 bits per heavy atom. The fourth-order valence-electron chi connectivity index (χ4n) is 1.75. The molecular formula is C15H14F2N2O3S2. The Morgan fingerprint density at radius 2 is 2.04 bits per heavy atom. The molecule has 1 amide bonds. The summed E-state index contributed by atoms with van der Waals surface area (Å²) in [6, 6.07) is 3.57. The van der Waals surface area contributed by atoms with Gasteiger partial charge in [0.1, 0.15) is 11.6 Å². The van der Waals surface area contributed by atoms with E-state index in [2.05, 4.69) is 15.0 Å². The van der Waals surface area contributed by atoms with Crippen molar-refractivity contribution < 1.29 is 23.1 Å². The van der Waals surface area contributed by atoms with Crippen LogP contribution >= 0.6 is 23.1 Å². The number of anilines is 1. The number of nitrogens with one attached hydrogen (secondary N) is 1. The SMILES string of the molecule is COC(=O)CSCCC(=O)Nc1nc(-c2c(F)cccc2F)cs1. The van der Waals surface area contributed by atoms with E-state index >= 15 is 0 Å². The van der Waals surface area contributed by atoms with Gasteiger partial charge in [-0.25, -0.2) is 13.8 Å². The van der Waals surface area contributed by atoms with E-state index in [9.17, 15) is 18.4 Å². The van der Waals surface area contributed by atoms with E-state index in [0.717, 1.165) is 23.5 Å². The number of carbonyl (C=O) groups is 2. The second kappa shape index (κ2) is 8.74. The lowest BCUT2D eigenvalue weighted by molar-refractivity contribution is -0.137. The van der Waals surface area contributed by atoms with E-state index in [0.29, 0.717) is 5.75 Å². The number of amides is 1. The van der Waals surface area contributed by atoms with Crippen LogP contribution in [0.3, 0.4) is 0 Å². The second-order valence-electron chi connectivity index (χ2n) is 4.56. The van der Waals surface area contributed by atoms with E-state index < -0.39 is 11.6 Å². The average Bonchev–Trinajstić information content (AvgIpc) is 2.99. The maximum Gasteiger partial charge on any atom is 0.315 e. The Hall–Kier alpha value is -2.00. The molecule has 24 heavy (non-hydrogen) atoms. The molecule has 0 unspecified atom stereocenters. The van der Waals surface area contributed by atoms with E-state index in [-0.39, 0.29) is 40.4 Å². The van der Waals surface area contributed by atoms with E-state index in [1.807, 2.05) is 0 Å². The fraction of sp³-hybridized carbons (Fsp3) is 0.267. The number of rotatable bonds is 7. The summed E-state index contributed by atoms with van der Waals surface area (Å²) in [5.74, 6) is -1.44. The van der Waals surface area contributed by atoms with Crippen LogP contribution in [0.4, 0.5) is 13.9 Å². The molecule has 0 radical (unpaired) electrons. The summed E-state index contributed by atoms with van der Waals surface area (Å²) in [5.41, 5.74) is -0.0890. The van der Waals surface area contributed by atoms with Gasteiger partial charge in [0.25, 0.3) is 0 Å². The normalized spacial score (nSPS) is 10.5. The van der Waals surface area contributed by atoms with Crippen LogP contribution in [0.1, 0.15) is 6.42 Å². The smallest absolute Gasteiger partial charge is 0.315 e. The summed E-state index contributed by atoms with van der Waals surface area (Å²) >= 11 is 2.36. The van der Waals surface area contributed by atoms with Crippen LogP contribution in [-0.2, 0) is 14.3 Å². The number of thioether (sulfide) groups is 1. The minimum Gasteiger partial charge on any atom is -0.468 e. The fourth-order valence-corrected chi connectivity index (χ4v) is 3.23. The minimum atomic E-state index is -0.711. The van der Waals surface area contributed by atoms with Crippen molar-refractivity contribution in [2.75, 3.05) is 23.9 Å². The standard InChI is InChI=1S/C15H14F2N2O3S2/c1-22-13(21)8-23-6-5-12(20)19-15-18-11(7-24-15)14-9(16)3-2-4-10(14)17/h2-4,7H,5-6,8H2,1H3,(H,18,19,20). The molecule has 1 heterocycles. The number of carbonyl (C=O) groups excluding carboxylic acids is 2. The van der Waals surface area contributed by atoms with Crippen molar-refractivity contribution in [2.24, 2.45) is 0 Å². The monoisotopic (exact) mass is 372 g/mol. The van der Waals surface area contributed by atoms with E-state index in [1.165, 1.54) is 30.3 Å². The highest BCUT2D eigenvalue weighted by molar-refractivity contribution is 7.99. The highest BCUT2D eigenvalue weighted by Gasteiger charge is 2.15. The molecular weight excluding hydrogens is 358 g/mol. The van der Waals surface area contributed by atoms with Gasteiger partial charge in [-0.3, -0.25) is 9.59 Å². The van der Waals surface area contributed by atoms with Gasteiger partial charge in [0.2, 0.25) is 5.91 Å². The molecule has 0 saturated carbocycles. The predicted molar refractivity (Wildman–Crippen MR) is 90.1 cm³/mol. The molecule has 5 nitrogen and oxygen atoms in total. The Labute approximate surface area is 145 Å². The molecule has 1 N–H and O–H groups in total. The van der Waals surface area contributed by atoms with Crippen molar-refractivity contribution in [1.82, 2.24) is 4.98 Å². The van der Waals surface area contributed by atoms with E-state index in [4.69, 9.17) is 0 Å². The Kier molecular flexibility index (Phi) is 6.68. The maximum atomic E-state index is 13.7. The lowest BCUT2D eigenvalue weighted by Gasteiger charge is -2.02. The first-order valence-electron chi connectivity index (χ1n) is 6.85. The molecule has 0 fully saturated rings. The number of benzene rings is 1. The van der Waals surface area contributed by atoms with Crippen LogP contribution in [0.25, 0.3) is 11.3 Å². The van der Waals surface area contributed by atoms with Crippen molar-refractivity contribution >= 4 is 40.1 Å². The molecule has 1 aromatic carbocycles. The first kappa shape index (κ1) is 18.3. The van der Waals surface area contributed by atoms with Crippen LogP contribution in [-0.4, -0.2) is 35.5 Å². The van der Waals surface area contributed by atoms with Gasteiger partial charge in [-0.1, -0.05) is 6.07 Å². The van der Waals surface area contributed by atoms with Gasteiger partial charge in [0.05, 0.1) is 24.1 Å². The zero-order valence-electron chi connectivity index (χ0n) is 12.7. The Bertz CT molecular complexity index is 717. The van der Waals surface area contributed by atoms with Gasteiger partial charge in [0.15, 0.2) is 5.13 Å². The number of nitrogens with zero attached hydrogens (tertiary/aromatic N) is 1. The van der Waals surface area contributed by atoms with Gasteiger partial charge < -0.3 is 10.1 Å². The molecule has 0 aliphatic heterocycles. The highest BCUT2D eigenvalue weighted by atomic mass is 32.2. The number of hydrogen-bond donors (Lipinski definition) is 1. The predicted octanol–water partition coefficient (Wildman–Crippen LogP) is 3.32. The molecule has 9 heteroatoms. The average molecular weight is 372 g/mol. The molecule has 2 rings (SSSR count). The summed E-state index contributed by atoms with van der Waals surface area (Å²) in [5, 5.41) is 4.30. The molecule has 0 spiro atoms. The third-order valence-corrected chi connectivity index (χ3v) is 4.58. The third kappa shape index (κ3) is 5.00. The molecule has 0 aliphatic rings. The number of thiazole rings is 1. The van der Waals surface area contributed by atoms with Gasteiger partial charge in [-0.15, -0.1) is 23.1 Å².